The molecule has 8 nitrogen and oxygen atoms in total. The van der Waals surface area contributed by atoms with Crippen molar-refractivity contribution in [2.75, 3.05) is 37.6 Å². The first-order chi connectivity index (χ1) is 14.3. The van der Waals surface area contributed by atoms with Crippen LogP contribution in [-0.2, 0) is 9.47 Å². The average Bonchev–Trinajstić information content (AvgIpc) is 2.63. The number of hydrogen-bond donors (Lipinski definition) is 1. The molecule has 2 amide bonds. The van der Waals surface area contributed by atoms with Gasteiger partial charge in [-0.05, 0) is 47.6 Å². The molecular weight excluding hydrogens is 420 g/mol. The molecular formula is C22H31ClN4O4. The number of aromatic nitrogens is 1. The summed E-state index contributed by atoms with van der Waals surface area (Å²) in [5.74, 6) is 6.43. The lowest BCUT2D eigenvalue weighted by Crippen LogP contribution is -2.50. The molecule has 0 aliphatic carbocycles. The third kappa shape index (κ3) is 8.54. The van der Waals surface area contributed by atoms with Gasteiger partial charge in [-0.25, -0.2) is 14.6 Å². The van der Waals surface area contributed by atoms with E-state index in [2.05, 4.69) is 22.1 Å². The third-order valence-corrected chi connectivity index (χ3v) is 4.28. The number of pyridine rings is 1. The molecule has 2 heterocycles. The van der Waals surface area contributed by atoms with Crippen LogP contribution in [0.15, 0.2) is 12.3 Å². The number of carbonyl (C=O) groups excluding carboxylic acids is 2. The van der Waals surface area contributed by atoms with Gasteiger partial charge in [0.15, 0.2) is 0 Å². The second kappa shape index (κ2) is 10.1. The maximum Gasteiger partial charge on any atom is 0.410 e. The molecule has 9 heteroatoms. The van der Waals surface area contributed by atoms with E-state index in [0.29, 0.717) is 42.6 Å². The fourth-order valence-electron chi connectivity index (χ4n) is 2.74. The maximum absolute atomic E-state index is 12.2. The lowest BCUT2D eigenvalue weighted by atomic mass is 10.2. The topological polar surface area (TPSA) is 84.0 Å². The standard InChI is InChI=1S/C22H31ClN4O4/c1-21(2,3)30-19(28)24-9-7-8-16-14-17(23)18(25-15-16)26-10-12-27(13-11-26)20(29)31-22(4,5)6/h14-15H,9-13H2,1-6H3,(H,24,28). The third-order valence-electron chi connectivity index (χ3n) is 4.01. The first-order valence-corrected chi connectivity index (χ1v) is 10.6. The van der Waals surface area contributed by atoms with Crippen molar-refractivity contribution in [2.45, 2.75) is 52.7 Å². The Morgan fingerprint density at radius 3 is 2.26 bits per heavy atom. The number of ether oxygens (including phenoxy) is 2. The van der Waals surface area contributed by atoms with Gasteiger partial charge in [0.1, 0.15) is 17.0 Å². The van der Waals surface area contributed by atoms with E-state index in [1.54, 1.807) is 37.9 Å². The summed E-state index contributed by atoms with van der Waals surface area (Å²) < 4.78 is 10.6. The number of halogens is 1. The van der Waals surface area contributed by atoms with E-state index in [1.165, 1.54) is 0 Å². The summed E-state index contributed by atoms with van der Waals surface area (Å²) in [4.78, 5) is 32.0. The van der Waals surface area contributed by atoms with Gasteiger partial charge in [0, 0.05) is 37.9 Å². The molecule has 1 fully saturated rings. The van der Waals surface area contributed by atoms with Crippen LogP contribution < -0.4 is 10.2 Å². The molecule has 31 heavy (non-hydrogen) atoms. The van der Waals surface area contributed by atoms with E-state index in [-0.39, 0.29) is 12.6 Å². The Hall–Kier alpha value is -2.66. The van der Waals surface area contributed by atoms with Gasteiger partial charge < -0.3 is 24.6 Å². The van der Waals surface area contributed by atoms with Crippen molar-refractivity contribution < 1.29 is 19.1 Å². The second-order valence-corrected chi connectivity index (χ2v) is 9.55. The SMILES string of the molecule is CC(C)(C)OC(=O)NCC#Cc1cnc(N2CCN(C(=O)OC(C)(C)C)CC2)c(Cl)c1. The molecule has 1 aliphatic heterocycles. The molecule has 1 aromatic heterocycles. The maximum atomic E-state index is 12.2. The number of rotatable bonds is 2. The van der Waals surface area contributed by atoms with Crippen molar-refractivity contribution in [3.8, 4) is 11.8 Å². The molecule has 0 bridgehead atoms. The Morgan fingerprint density at radius 1 is 1.10 bits per heavy atom. The molecule has 0 aromatic carbocycles. The number of piperazine rings is 1. The van der Waals surface area contributed by atoms with Gasteiger partial charge in [0.2, 0.25) is 0 Å². The summed E-state index contributed by atoms with van der Waals surface area (Å²) in [5, 5.41) is 3.06. The number of hydrogen-bond acceptors (Lipinski definition) is 6. The Kier molecular flexibility index (Phi) is 8.02. The molecule has 0 spiro atoms. The summed E-state index contributed by atoms with van der Waals surface area (Å²) in [7, 11) is 0. The Labute approximate surface area is 189 Å². The lowest BCUT2D eigenvalue weighted by molar-refractivity contribution is 0.0240. The first kappa shape index (κ1) is 24.6. The Morgan fingerprint density at radius 2 is 1.71 bits per heavy atom. The monoisotopic (exact) mass is 450 g/mol. The van der Waals surface area contributed by atoms with Crippen molar-refractivity contribution in [2.24, 2.45) is 0 Å². The van der Waals surface area contributed by atoms with Gasteiger partial charge in [-0.15, -0.1) is 0 Å². The summed E-state index contributed by atoms with van der Waals surface area (Å²) in [5.41, 5.74) is -0.422. The lowest BCUT2D eigenvalue weighted by Gasteiger charge is -2.36. The van der Waals surface area contributed by atoms with Crippen LogP contribution in [0.4, 0.5) is 15.4 Å². The molecule has 0 atom stereocenters. The van der Waals surface area contributed by atoms with Crippen molar-refractivity contribution in [3.05, 3.63) is 22.8 Å². The fourth-order valence-corrected chi connectivity index (χ4v) is 3.02. The summed E-state index contributed by atoms with van der Waals surface area (Å²) in [6.45, 7) is 13.4. The second-order valence-electron chi connectivity index (χ2n) is 9.14. The predicted molar refractivity (Wildman–Crippen MR) is 120 cm³/mol. The minimum atomic E-state index is -0.552. The highest BCUT2D eigenvalue weighted by atomic mass is 35.5. The molecule has 170 valence electrons. The number of carbonyl (C=O) groups is 2. The van der Waals surface area contributed by atoms with Crippen LogP contribution in [0, 0.1) is 11.8 Å². The van der Waals surface area contributed by atoms with Crippen LogP contribution in [-0.4, -0.2) is 66.0 Å². The van der Waals surface area contributed by atoms with Crippen molar-refractivity contribution in [1.82, 2.24) is 15.2 Å². The molecule has 0 radical (unpaired) electrons. The van der Waals surface area contributed by atoms with Gasteiger partial charge in [-0.1, -0.05) is 23.4 Å². The quantitative estimate of drug-likeness (QED) is 0.692. The zero-order chi connectivity index (χ0) is 23.2. The van der Waals surface area contributed by atoms with Gasteiger partial charge in [0.05, 0.1) is 11.6 Å². The molecule has 1 aliphatic rings. The van der Waals surface area contributed by atoms with Gasteiger partial charge in [-0.2, -0.15) is 0 Å². The highest BCUT2D eigenvalue weighted by Gasteiger charge is 2.27. The normalized spacial score (nSPS) is 14.4. The molecule has 1 aromatic rings. The zero-order valence-corrected chi connectivity index (χ0v) is 19.8. The number of anilines is 1. The minimum Gasteiger partial charge on any atom is -0.444 e. The van der Waals surface area contributed by atoms with Crippen molar-refractivity contribution >= 4 is 29.6 Å². The van der Waals surface area contributed by atoms with E-state index < -0.39 is 17.3 Å². The highest BCUT2D eigenvalue weighted by molar-refractivity contribution is 6.33. The predicted octanol–water partition coefficient (Wildman–Crippen LogP) is 3.67. The number of amides is 2. The number of nitrogens with one attached hydrogen (secondary N) is 1. The van der Waals surface area contributed by atoms with Crippen LogP contribution in [0.5, 0.6) is 0 Å². The summed E-state index contributed by atoms with van der Waals surface area (Å²) in [6.07, 6.45) is 0.817. The molecule has 0 unspecified atom stereocenters. The van der Waals surface area contributed by atoms with E-state index >= 15 is 0 Å². The summed E-state index contributed by atoms with van der Waals surface area (Å²) >= 11 is 6.42. The van der Waals surface area contributed by atoms with Gasteiger partial charge in [0.25, 0.3) is 0 Å². The van der Waals surface area contributed by atoms with Gasteiger partial charge >= 0.3 is 12.2 Å². The van der Waals surface area contributed by atoms with Crippen LogP contribution in [0.2, 0.25) is 5.02 Å². The van der Waals surface area contributed by atoms with Gasteiger partial charge in [-0.3, -0.25) is 0 Å². The Balaban J connectivity index is 1.88. The first-order valence-electron chi connectivity index (χ1n) is 10.2. The highest BCUT2D eigenvalue weighted by Crippen LogP contribution is 2.25. The van der Waals surface area contributed by atoms with Crippen molar-refractivity contribution in [1.29, 1.82) is 0 Å². The van der Waals surface area contributed by atoms with E-state index in [9.17, 15) is 9.59 Å². The zero-order valence-electron chi connectivity index (χ0n) is 19.0. The smallest absolute Gasteiger partial charge is 0.410 e. The molecule has 1 N–H and O–H groups in total. The molecule has 2 rings (SSSR count). The molecule has 1 saturated heterocycles. The van der Waals surface area contributed by atoms with E-state index in [0.717, 1.165) is 0 Å². The molecule has 0 saturated carbocycles. The van der Waals surface area contributed by atoms with Crippen LogP contribution >= 0.6 is 11.6 Å². The van der Waals surface area contributed by atoms with E-state index in [1.807, 2.05) is 25.7 Å². The van der Waals surface area contributed by atoms with Crippen LogP contribution in [0.3, 0.4) is 0 Å². The average molecular weight is 451 g/mol. The largest absolute Gasteiger partial charge is 0.444 e. The van der Waals surface area contributed by atoms with Crippen molar-refractivity contribution in [3.63, 3.8) is 0 Å². The van der Waals surface area contributed by atoms with Crippen LogP contribution in [0.25, 0.3) is 0 Å². The summed E-state index contributed by atoms with van der Waals surface area (Å²) in [6, 6.07) is 1.74. The number of alkyl carbamates (subject to hydrolysis) is 1. The van der Waals surface area contributed by atoms with E-state index in [4.69, 9.17) is 21.1 Å². The number of nitrogens with zero attached hydrogens (tertiary/aromatic N) is 3. The van der Waals surface area contributed by atoms with Crippen LogP contribution in [0.1, 0.15) is 47.1 Å². The minimum absolute atomic E-state index is 0.154. The Bertz CT molecular complexity index is 857. The fraction of sp³-hybridized carbons (Fsp3) is 0.591.